The van der Waals surface area contributed by atoms with Crippen molar-refractivity contribution in [1.82, 2.24) is 5.43 Å². The minimum absolute atomic E-state index is 0.0758. The van der Waals surface area contributed by atoms with Crippen molar-refractivity contribution >= 4 is 33.7 Å². The third kappa shape index (κ3) is 2.61. The lowest BCUT2D eigenvalue weighted by Crippen LogP contribution is -2.26. The van der Waals surface area contributed by atoms with Crippen LogP contribution >= 0.6 is 0 Å². The molecule has 0 aliphatic heterocycles. The summed E-state index contributed by atoms with van der Waals surface area (Å²) in [4.78, 5) is 11.2. The topological polar surface area (TPSA) is 67.5 Å². The molecule has 4 heteroatoms. The molecule has 0 radical (unpaired) electrons. The smallest absolute Gasteiger partial charge is 0.253 e. The van der Waals surface area contributed by atoms with Gasteiger partial charge in [0.25, 0.3) is 5.91 Å². The molecule has 0 aromatic heterocycles. The first-order valence-corrected chi connectivity index (χ1v) is 6.72. The average Bonchev–Trinajstić information content (AvgIpc) is 2.54. The van der Waals surface area contributed by atoms with Crippen LogP contribution in [0.5, 0.6) is 0 Å². The molecule has 0 spiro atoms. The van der Waals surface area contributed by atoms with E-state index < -0.39 is 0 Å². The van der Waals surface area contributed by atoms with Gasteiger partial charge < -0.3 is 5.73 Å². The average molecular weight is 277 g/mol. The number of carbonyl (C=O) groups is 1. The molecule has 3 N–H and O–H groups in total. The monoisotopic (exact) mass is 277 g/mol. The van der Waals surface area contributed by atoms with E-state index in [1.807, 2.05) is 36.4 Å². The van der Waals surface area contributed by atoms with Crippen LogP contribution in [0.1, 0.15) is 5.56 Å². The molecule has 0 saturated carbocycles. The number of carbonyl (C=O) groups excluding carboxylic acids is 1. The van der Waals surface area contributed by atoms with Crippen LogP contribution in [0.3, 0.4) is 0 Å². The maximum atomic E-state index is 11.2. The maximum absolute atomic E-state index is 11.2. The molecule has 0 unspecified atom stereocenters. The van der Waals surface area contributed by atoms with Crippen LogP contribution in [0.25, 0.3) is 21.5 Å². The highest BCUT2D eigenvalue weighted by atomic mass is 16.2. The van der Waals surface area contributed by atoms with E-state index in [0.29, 0.717) is 0 Å². The summed E-state index contributed by atoms with van der Waals surface area (Å²) in [5, 5.41) is 8.49. The van der Waals surface area contributed by atoms with Gasteiger partial charge in [0.2, 0.25) is 0 Å². The van der Waals surface area contributed by atoms with Crippen LogP contribution in [0.2, 0.25) is 0 Å². The van der Waals surface area contributed by atoms with Crippen molar-refractivity contribution in [2.24, 2.45) is 10.8 Å². The van der Waals surface area contributed by atoms with Gasteiger partial charge in [-0.3, -0.25) is 4.79 Å². The first-order chi connectivity index (χ1) is 10.3. The Morgan fingerprint density at radius 3 is 2.19 bits per heavy atom. The van der Waals surface area contributed by atoms with Crippen LogP contribution in [0, 0.1) is 0 Å². The molecule has 0 aliphatic carbocycles. The molecule has 0 saturated heterocycles. The van der Waals surface area contributed by atoms with Gasteiger partial charge in [-0.25, -0.2) is 5.43 Å². The van der Waals surface area contributed by atoms with E-state index >= 15 is 0 Å². The normalized spacial score (nSPS) is 11.3. The van der Waals surface area contributed by atoms with Crippen molar-refractivity contribution in [1.29, 1.82) is 0 Å². The summed E-state index contributed by atoms with van der Waals surface area (Å²) >= 11 is 0. The van der Waals surface area contributed by atoms with Crippen LogP contribution in [0.15, 0.2) is 59.7 Å². The molecular formula is C17H15N3O. The largest absolute Gasteiger partial charge is 0.322 e. The molecular weight excluding hydrogens is 262 g/mol. The van der Waals surface area contributed by atoms with E-state index in [1.54, 1.807) is 6.21 Å². The molecule has 3 aromatic rings. The Balaban J connectivity index is 2.18. The second-order valence-corrected chi connectivity index (χ2v) is 4.73. The number of nitrogens with one attached hydrogen (secondary N) is 1. The lowest BCUT2D eigenvalue weighted by atomic mass is 9.97. The molecule has 104 valence electrons. The Morgan fingerprint density at radius 2 is 1.62 bits per heavy atom. The zero-order valence-electron chi connectivity index (χ0n) is 11.4. The Bertz CT molecular complexity index is 786. The van der Waals surface area contributed by atoms with E-state index in [4.69, 9.17) is 5.73 Å². The van der Waals surface area contributed by atoms with Crippen LogP contribution in [-0.4, -0.2) is 18.7 Å². The Kier molecular flexibility index (Phi) is 3.62. The first kappa shape index (κ1) is 13.3. The number of fused-ring (bicyclic) bond motifs is 2. The van der Waals surface area contributed by atoms with Crippen LogP contribution < -0.4 is 11.2 Å². The quantitative estimate of drug-likeness (QED) is 0.438. The standard InChI is InChI=1S/C17H15N3O/c18-10-17(21)20-19-11-16-14-7-3-1-5-12(14)9-13-6-2-4-8-15(13)16/h1-9,11H,10,18H2,(H,20,21). The van der Waals surface area contributed by atoms with Gasteiger partial charge >= 0.3 is 0 Å². The second-order valence-electron chi connectivity index (χ2n) is 4.73. The highest BCUT2D eigenvalue weighted by Crippen LogP contribution is 2.27. The summed E-state index contributed by atoms with van der Waals surface area (Å²) in [6.07, 6.45) is 1.68. The number of hydrazone groups is 1. The van der Waals surface area contributed by atoms with Crippen molar-refractivity contribution in [2.45, 2.75) is 0 Å². The SMILES string of the molecule is NCC(=O)NN=Cc1c2ccccc2cc2ccccc12. The third-order valence-electron chi connectivity index (χ3n) is 3.38. The van der Waals surface area contributed by atoms with Gasteiger partial charge in [-0.05, 0) is 27.6 Å². The van der Waals surface area contributed by atoms with Gasteiger partial charge in [-0.1, -0.05) is 48.5 Å². The maximum Gasteiger partial charge on any atom is 0.253 e. The highest BCUT2D eigenvalue weighted by molar-refractivity contribution is 6.13. The number of hydrogen-bond acceptors (Lipinski definition) is 3. The van der Waals surface area contributed by atoms with Crippen LogP contribution in [-0.2, 0) is 4.79 Å². The van der Waals surface area contributed by atoms with Crippen molar-refractivity contribution in [3.63, 3.8) is 0 Å². The number of benzene rings is 3. The van der Waals surface area contributed by atoms with Gasteiger partial charge in [0, 0.05) is 5.56 Å². The number of hydrogen-bond donors (Lipinski definition) is 2. The van der Waals surface area contributed by atoms with E-state index in [1.165, 1.54) is 0 Å². The predicted molar refractivity (Wildman–Crippen MR) is 86.2 cm³/mol. The molecule has 4 nitrogen and oxygen atoms in total. The number of amides is 1. The summed E-state index contributed by atoms with van der Waals surface area (Å²) in [6.45, 7) is -0.0758. The van der Waals surface area contributed by atoms with Crippen molar-refractivity contribution < 1.29 is 4.79 Å². The Labute approximate surface area is 122 Å². The molecule has 1 amide bonds. The van der Waals surface area contributed by atoms with Gasteiger partial charge in [0.05, 0.1) is 12.8 Å². The predicted octanol–water partition coefficient (Wildman–Crippen LogP) is 2.40. The summed E-state index contributed by atoms with van der Waals surface area (Å²) in [5.41, 5.74) is 8.65. The fourth-order valence-electron chi connectivity index (χ4n) is 2.40. The van der Waals surface area contributed by atoms with Gasteiger partial charge in [-0.2, -0.15) is 5.10 Å². The lowest BCUT2D eigenvalue weighted by molar-refractivity contribution is -0.119. The van der Waals surface area contributed by atoms with E-state index in [-0.39, 0.29) is 12.5 Å². The van der Waals surface area contributed by atoms with Crippen molar-refractivity contribution in [3.8, 4) is 0 Å². The molecule has 21 heavy (non-hydrogen) atoms. The summed E-state index contributed by atoms with van der Waals surface area (Å²) in [6, 6.07) is 18.4. The number of nitrogens with two attached hydrogens (primary N) is 1. The van der Waals surface area contributed by atoms with Crippen molar-refractivity contribution in [3.05, 3.63) is 60.2 Å². The fourth-order valence-corrected chi connectivity index (χ4v) is 2.40. The number of rotatable bonds is 3. The highest BCUT2D eigenvalue weighted by Gasteiger charge is 2.05. The fraction of sp³-hybridized carbons (Fsp3) is 0.0588. The molecule has 0 fully saturated rings. The van der Waals surface area contributed by atoms with Gasteiger partial charge in [-0.15, -0.1) is 0 Å². The first-order valence-electron chi connectivity index (χ1n) is 6.72. The van der Waals surface area contributed by atoms with Crippen molar-refractivity contribution in [2.75, 3.05) is 6.54 Å². The number of nitrogens with zero attached hydrogens (tertiary/aromatic N) is 1. The van der Waals surface area contributed by atoms with E-state index in [0.717, 1.165) is 27.1 Å². The summed E-state index contributed by atoms with van der Waals surface area (Å²) < 4.78 is 0. The molecule has 0 bridgehead atoms. The van der Waals surface area contributed by atoms with Gasteiger partial charge in [0.15, 0.2) is 0 Å². The van der Waals surface area contributed by atoms with E-state index in [2.05, 4.69) is 28.7 Å². The Morgan fingerprint density at radius 1 is 1.05 bits per heavy atom. The molecule has 0 atom stereocenters. The third-order valence-corrected chi connectivity index (χ3v) is 3.38. The molecule has 0 heterocycles. The lowest BCUT2D eigenvalue weighted by Gasteiger charge is -2.07. The van der Waals surface area contributed by atoms with Gasteiger partial charge in [0.1, 0.15) is 0 Å². The minimum Gasteiger partial charge on any atom is -0.322 e. The summed E-state index contributed by atoms with van der Waals surface area (Å²) in [5.74, 6) is -0.309. The zero-order valence-corrected chi connectivity index (χ0v) is 11.4. The molecule has 3 rings (SSSR count). The molecule has 3 aromatic carbocycles. The second kappa shape index (κ2) is 5.73. The molecule has 0 aliphatic rings. The van der Waals surface area contributed by atoms with Crippen LogP contribution in [0.4, 0.5) is 0 Å². The van der Waals surface area contributed by atoms with E-state index in [9.17, 15) is 4.79 Å². The Hall–Kier alpha value is -2.72. The minimum atomic E-state index is -0.309. The summed E-state index contributed by atoms with van der Waals surface area (Å²) in [7, 11) is 0. The zero-order chi connectivity index (χ0) is 14.7.